The molecule has 0 saturated heterocycles. The summed E-state index contributed by atoms with van der Waals surface area (Å²) in [4.78, 5) is 16.0. The van der Waals surface area contributed by atoms with Crippen molar-refractivity contribution in [2.75, 3.05) is 31.2 Å². The summed E-state index contributed by atoms with van der Waals surface area (Å²) < 4.78 is 0. The van der Waals surface area contributed by atoms with Crippen LogP contribution in [-0.4, -0.2) is 31.0 Å². The van der Waals surface area contributed by atoms with Crippen LogP contribution in [0, 0.1) is 0 Å². The molecule has 0 spiro atoms. The van der Waals surface area contributed by atoms with E-state index in [1.165, 1.54) is 11.3 Å². The molecule has 1 amide bonds. The topological polar surface area (TPSA) is 106 Å². The van der Waals surface area contributed by atoms with Crippen molar-refractivity contribution >= 4 is 28.2 Å². The van der Waals surface area contributed by atoms with Crippen LogP contribution in [0.1, 0.15) is 16.1 Å². The highest BCUT2D eigenvalue weighted by atomic mass is 32.1. The van der Waals surface area contributed by atoms with Crippen LogP contribution in [0.25, 0.3) is 0 Å². The highest BCUT2D eigenvalue weighted by molar-refractivity contribution is 7.18. The van der Waals surface area contributed by atoms with Crippen molar-refractivity contribution in [2.24, 2.45) is 5.73 Å². The van der Waals surface area contributed by atoms with Crippen LogP contribution in [0.2, 0.25) is 0 Å². The number of nitrogen functional groups attached to an aromatic ring is 1. The molecule has 6 N–H and O–H groups in total. The Morgan fingerprint density at radius 2 is 2.33 bits per heavy atom. The smallest absolute Gasteiger partial charge is 0.265 e. The largest absolute Gasteiger partial charge is 0.382 e. The van der Waals surface area contributed by atoms with E-state index in [9.17, 15) is 4.79 Å². The predicted molar refractivity (Wildman–Crippen MR) is 62.1 cm³/mol. The molecule has 0 radical (unpaired) electrons. The predicted octanol–water partition coefficient (Wildman–Crippen LogP) is -0.154. The van der Waals surface area contributed by atoms with Gasteiger partial charge in [0, 0.05) is 13.6 Å². The first-order valence-corrected chi connectivity index (χ1v) is 5.43. The third-order valence-electron chi connectivity index (χ3n) is 1.74. The average Bonchev–Trinajstić information content (AvgIpc) is 2.60. The summed E-state index contributed by atoms with van der Waals surface area (Å²) >= 11 is 1.24. The number of anilines is 2. The lowest BCUT2D eigenvalue weighted by Gasteiger charge is -2.01. The number of carbonyl (C=O) groups is 1. The number of rotatable bonds is 5. The van der Waals surface area contributed by atoms with Gasteiger partial charge >= 0.3 is 0 Å². The molecule has 0 aliphatic carbocycles. The van der Waals surface area contributed by atoms with E-state index >= 15 is 0 Å². The Labute approximate surface area is 92.1 Å². The Bertz CT molecular complexity index is 338. The van der Waals surface area contributed by atoms with Gasteiger partial charge in [-0.25, -0.2) is 4.98 Å². The fourth-order valence-electron chi connectivity index (χ4n) is 0.986. The third kappa shape index (κ3) is 3.07. The molecule has 1 rings (SSSR count). The lowest BCUT2D eigenvalue weighted by Crippen LogP contribution is -2.25. The molecule has 84 valence electrons. The molecule has 0 atom stereocenters. The summed E-state index contributed by atoms with van der Waals surface area (Å²) in [6, 6.07) is 0. The molecule has 1 aromatic heterocycles. The zero-order chi connectivity index (χ0) is 11.3. The minimum Gasteiger partial charge on any atom is -0.382 e. The van der Waals surface area contributed by atoms with E-state index in [-0.39, 0.29) is 11.7 Å². The standard InChI is InChI=1S/C8H15N5OS/c1-11-8-13-6(10)5(15-8)7(14)12-4-2-3-9/h2-4,9-10H2,1H3,(H,11,13)(H,12,14). The number of hydrogen-bond donors (Lipinski definition) is 4. The van der Waals surface area contributed by atoms with Gasteiger partial charge in [-0.3, -0.25) is 4.79 Å². The molecule has 0 aliphatic rings. The summed E-state index contributed by atoms with van der Waals surface area (Å²) in [5.41, 5.74) is 10.9. The van der Waals surface area contributed by atoms with Crippen molar-refractivity contribution in [1.82, 2.24) is 10.3 Å². The van der Waals surface area contributed by atoms with Crippen LogP contribution >= 0.6 is 11.3 Å². The van der Waals surface area contributed by atoms with E-state index in [0.29, 0.717) is 23.1 Å². The van der Waals surface area contributed by atoms with E-state index in [1.807, 2.05) is 0 Å². The van der Waals surface area contributed by atoms with E-state index in [0.717, 1.165) is 6.42 Å². The summed E-state index contributed by atoms with van der Waals surface area (Å²) in [7, 11) is 1.73. The fraction of sp³-hybridized carbons (Fsp3) is 0.500. The Hall–Kier alpha value is -1.34. The molecular formula is C8H15N5OS. The Morgan fingerprint density at radius 1 is 1.60 bits per heavy atom. The van der Waals surface area contributed by atoms with Crippen molar-refractivity contribution in [3.63, 3.8) is 0 Å². The quantitative estimate of drug-likeness (QED) is 0.525. The van der Waals surface area contributed by atoms with Crippen LogP contribution in [-0.2, 0) is 0 Å². The van der Waals surface area contributed by atoms with Crippen molar-refractivity contribution in [2.45, 2.75) is 6.42 Å². The maximum atomic E-state index is 11.6. The molecule has 0 bridgehead atoms. The first-order chi connectivity index (χ1) is 7.19. The van der Waals surface area contributed by atoms with E-state index in [4.69, 9.17) is 11.5 Å². The first-order valence-electron chi connectivity index (χ1n) is 4.61. The van der Waals surface area contributed by atoms with Crippen LogP contribution in [0.3, 0.4) is 0 Å². The maximum Gasteiger partial charge on any atom is 0.265 e. The number of carbonyl (C=O) groups excluding carboxylic acids is 1. The number of nitrogens with zero attached hydrogens (tertiary/aromatic N) is 1. The number of amides is 1. The van der Waals surface area contributed by atoms with Gasteiger partial charge in [0.05, 0.1) is 0 Å². The van der Waals surface area contributed by atoms with Crippen LogP contribution in [0.4, 0.5) is 10.9 Å². The highest BCUT2D eigenvalue weighted by Gasteiger charge is 2.14. The number of nitrogens with two attached hydrogens (primary N) is 2. The normalized spacial score (nSPS) is 10.0. The molecule has 0 saturated carbocycles. The van der Waals surface area contributed by atoms with E-state index in [1.54, 1.807) is 7.05 Å². The lowest BCUT2D eigenvalue weighted by molar-refractivity contribution is 0.0958. The summed E-state index contributed by atoms with van der Waals surface area (Å²) in [5.74, 6) is 0.0644. The zero-order valence-electron chi connectivity index (χ0n) is 8.54. The van der Waals surface area contributed by atoms with E-state index in [2.05, 4.69) is 15.6 Å². The maximum absolute atomic E-state index is 11.6. The Balaban J connectivity index is 2.60. The molecule has 6 nitrogen and oxygen atoms in total. The molecule has 0 aromatic carbocycles. The lowest BCUT2D eigenvalue weighted by atomic mass is 10.4. The summed E-state index contributed by atoms with van der Waals surface area (Å²) in [6.45, 7) is 1.11. The van der Waals surface area contributed by atoms with Gasteiger partial charge in [-0.15, -0.1) is 0 Å². The van der Waals surface area contributed by atoms with Crippen molar-refractivity contribution < 1.29 is 4.79 Å². The number of hydrogen-bond acceptors (Lipinski definition) is 6. The van der Waals surface area contributed by atoms with Gasteiger partial charge in [-0.2, -0.15) is 0 Å². The summed E-state index contributed by atoms with van der Waals surface area (Å²) in [6.07, 6.45) is 0.753. The highest BCUT2D eigenvalue weighted by Crippen LogP contribution is 2.23. The molecule has 1 heterocycles. The Kier molecular flexibility index (Phi) is 4.32. The first kappa shape index (κ1) is 11.7. The summed E-state index contributed by atoms with van der Waals surface area (Å²) in [5, 5.41) is 6.20. The van der Waals surface area contributed by atoms with Gasteiger partial charge in [0.1, 0.15) is 10.7 Å². The molecule has 1 aromatic rings. The van der Waals surface area contributed by atoms with Crippen LogP contribution < -0.4 is 22.1 Å². The molecule has 0 unspecified atom stereocenters. The SMILES string of the molecule is CNc1nc(N)c(C(=O)NCCCN)s1. The molecular weight excluding hydrogens is 214 g/mol. The van der Waals surface area contributed by atoms with Crippen LogP contribution in [0.5, 0.6) is 0 Å². The fourth-order valence-corrected chi connectivity index (χ4v) is 1.74. The van der Waals surface area contributed by atoms with Gasteiger partial charge in [0.25, 0.3) is 5.91 Å². The van der Waals surface area contributed by atoms with Gasteiger partial charge in [0.15, 0.2) is 5.13 Å². The van der Waals surface area contributed by atoms with Crippen molar-refractivity contribution in [3.8, 4) is 0 Å². The number of nitrogens with one attached hydrogen (secondary N) is 2. The third-order valence-corrected chi connectivity index (χ3v) is 2.83. The van der Waals surface area contributed by atoms with E-state index < -0.39 is 0 Å². The number of thiazole rings is 1. The second-order valence-electron chi connectivity index (χ2n) is 2.88. The average molecular weight is 229 g/mol. The monoisotopic (exact) mass is 229 g/mol. The minimum absolute atomic E-state index is 0.194. The second kappa shape index (κ2) is 5.52. The van der Waals surface area contributed by atoms with Crippen LogP contribution in [0.15, 0.2) is 0 Å². The van der Waals surface area contributed by atoms with Gasteiger partial charge in [0.2, 0.25) is 0 Å². The zero-order valence-corrected chi connectivity index (χ0v) is 9.36. The van der Waals surface area contributed by atoms with Crippen molar-refractivity contribution in [1.29, 1.82) is 0 Å². The molecule has 15 heavy (non-hydrogen) atoms. The molecule has 7 heteroatoms. The van der Waals surface area contributed by atoms with Gasteiger partial charge in [-0.05, 0) is 13.0 Å². The second-order valence-corrected chi connectivity index (χ2v) is 3.88. The minimum atomic E-state index is -0.194. The molecule has 0 fully saturated rings. The van der Waals surface area contributed by atoms with Gasteiger partial charge in [-0.1, -0.05) is 11.3 Å². The van der Waals surface area contributed by atoms with Crippen molar-refractivity contribution in [3.05, 3.63) is 4.88 Å². The molecule has 0 aliphatic heterocycles. The Morgan fingerprint density at radius 3 is 2.87 bits per heavy atom. The number of aromatic nitrogens is 1. The van der Waals surface area contributed by atoms with Gasteiger partial charge < -0.3 is 22.1 Å².